The molecule has 0 fully saturated rings. The second-order valence-corrected chi connectivity index (χ2v) is 4.34. The maximum absolute atomic E-state index is 11.8. The zero-order valence-electron chi connectivity index (χ0n) is 12.1. The van der Waals surface area contributed by atoms with Gasteiger partial charge < -0.3 is 9.47 Å². The average molecular weight is 265 g/mol. The van der Waals surface area contributed by atoms with E-state index in [2.05, 4.69) is 5.32 Å². The second-order valence-electron chi connectivity index (χ2n) is 4.34. The maximum atomic E-state index is 11.8. The van der Waals surface area contributed by atoms with E-state index in [1.807, 2.05) is 45.0 Å². The van der Waals surface area contributed by atoms with Crippen molar-refractivity contribution in [3.8, 4) is 5.75 Å². The molecule has 19 heavy (non-hydrogen) atoms. The Bertz CT molecular complexity index is 406. The van der Waals surface area contributed by atoms with Gasteiger partial charge in [0.15, 0.2) is 0 Å². The van der Waals surface area contributed by atoms with Crippen LogP contribution in [-0.4, -0.2) is 25.7 Å². The van der Waals surface area contributed by atoms with Crippen molar-refractivity contribution in [1.29, 1.82) is 0 Å². The van der Waals surface area contributed by atoms with Crippen LogP contribution in [-0.2, 0) is 9.53 Å². The van der Waals surface area contributed by atoms with Crippen LogP contribution in [0.2, 0.25) is 0 Å². The van der Waals surface area contributed by atoms with Gasteiger partial charge in [0, 0.05) is 11.6 Å². The first-order valence-electron chi connectivity index (χ1n) is 6.69. The lowest BCUT2D eigenvalue weighted by Crippen LogP contribution is -2.39. The lowest BCUT2D eigenvalue weighted by Gasteiger charge is -2.22. The molecule has 4 heteroatoms. The Kier molecular flexibility index (Phi) is 6.36. The van der Waals surface area contributed by atoms with E-state index >= 15 is 0 Å². The van der Waals surface area contributed by atoms with Gasteiger partial charge in [-0.1, -0.05) is 25.1 Å². The van der Waals surface area contributed by atoms with Gasteiger partial charge in [0.1, 0.15) is 11.8 Å². The number of hydrogen-bond donors (Lipinski definition) is 1. The molecule has 1 aromatic carbocycles. The number of rotatable bonds is 7. The van der Waals surface area contributed by atoms with E-state index in [1.165, 1.54) is 0 Å². The van der Waals surface area contributed by atoms with Gasteiger partial charge in [-0.15, -0.1) is 0 Å². The number of benzene rings is 1. The summed E-state index contributed by atoms with van der Waals surface area (Å²) in [5.74, 6) is 0.618. The molecule has 0 radical (unpaired) electrons. The van der Waals surface area contributed by atoms with E-state index in [0.717, 1.165) is 11.3 Å². The standard InChI is InChI=1S/C15H23NO3/c1-5-13(15(17)19-6-2)16-11(3)12-9-7-8-10-14(12)18-4/h7-11,13,16H,5-6H2,1-4H3/t11-,13?/m0/s1. The number of carbonyl (C=O) groups is 1. The molecular formula is C15H23NO3. The van der Waals surface area contributed by atoms with Crippen LogP contribution >= 0.6 is 0 Å². The third-order valence-electron chi connectivity index (χ3n) is 3.04. The monoisotopic (exact) mass is 265 g/mol. The highest BCUT2D eigenvalue weighted by molar-refractivity contribution is 5.75. The molecule has 4 nitrogen and oxygen atoms in total. The lowest BCUT2D eigenvalue weighted by atomic mass is 10.1. The van der Waals surface area contributed by atoms with E-state index in [-0.39, 0.29) is 18.1 Å². The lowest BCUT2D eigenvalue weighted by molar-refractivity contribution is -0.146. The Labute approximate surface area is 115 Å². The van der Waals surface area contributed by atoms with Gasteiger partial charge in [0.25, 0.3) is 0 Å². The van der Waals surface area contributed by atoms with Crippen molar-refractivity contribution in [1.82, 2.24) is 5.32 Å². The highest BCUT2D eigenvalue weighted by Crippen LogP contribution is 2.24. The van der Waals surface area contributed by atoms with Gasteiger partial charge in [-0.05, 0) is 26.3 Å². The predicted octanol–water partition coefficient (Wildman–Crippen LogP) is 2.69. The van der Waals surface area contributed by atoms with Gasteiger partial charge in [-0.3, -0.25) is 10.1 Å². The Hall–Kier alpha value is -1.55. The van der Waals surface area contributed by atoms with Gasteiger partial charge in [-0.2, -0.15) is 0 Å². The maximum Gasteiger partial charge on any atom is 0.323 e. The number of methoxy groups -OCH3 is 1. The summed E-state index contributed by atoms with van der Waals surface area (Å²) in [4.78, 5) is 11.8. The van der Waals surface area contributed by atoms with Crippen molar-refractivity contribution in [2.75, 3.05) is 13.7 Å². The molecule has 0 saturated heterocycles. The van der Waals surface area contributed by atoms with Crippen molar-refractivity contribution in [2.45, 2.75) is 39.3 Å². The van der Waals surface area contributed by atoms with Crippen LogP contribution in [0.4, 0.5) is 0 Å². The molecular weight excluding hydrogens is 242 g/mol. The molecule has 1 rings (SSSR count). The smallest absolute Gasteiger partial charge is 0.323 e. The largest absolute Gasteiger partial charge is 0.496 e. The number of ether oxygens (including phenoxy) is 2. The zero-order chi connectivity index (χ0) is 14.3. The van der Waals surface area contributed by atoms with Crippen LogP contribution in [0.3, 0.4) is 0 Å². The first-order valence-corrected chi connectivity index (χ1v) is 6.69. The first kappa shape index (κ1) is 15.5. The average Bonchev–Trinajstić information content (AvgIpc) is 2.44. The molecule has 0 aliphatic carbocycles. The van der Waals surface area contributed by atoms with E-state index in [0.29, 0.717) is 13.0 Å². The zero-order valence-corrected chi connectivity index (χ0v) is 12.1. The van der Waals surface area contributed by atoms with E-state index in [4.69, 9.17) is 9.47 Å². The summed E-state index contributed by atoms with van der Waals surface area (Å²) in [6, 6.07) is 7.53. The summed E-state index contributed by atoms with van der Waals surface area (Å²) in [5, 5.41) is 3.29. The highest BCUT2D eigenvalue weighted by atomic mass is 16.5. The molecule has 0 saturated carbocycles. The van der Waals surface area contributed by atoms with Crippen LogP contribution in [0.25, 0.3) is 0 Å². The summed E-state index contributed by atoms with van der Waals surface area (Å²) in [6.07, 6.45) is 0.693. The Morgan fingerprint density at radius 2 is 2.00 bits per heavy atom. The molecule has 0 aliphatic rings. The van der Waals surface area contributed by atoms with Crippen LogP contribution in [0.5, 0.6) is 5.75 Å². The Morgan fingerprint density at radius 1 is 1.32 bits per heavy atom. The summed E-state index contributed by atoms with van der Waals surface area (Å²) >= 11 is 0. The molecule has 1 N–H and O–H groups in total. The molecule has 0 heterocycles. The summed E-state index contributed by atoms with van der Waals surface area (Å²) in [7, 11) is 1.65. The number of para-hydroxylation sites is 1. The quantitative estimate of drug-likeness (QED) is 0.770. The summed E-state index contributed by atoms with van der Waals surface area (Å²) in [5.41, 5.74) is 1.03. The number of carbonyl (C=O) groups excluding carboxylic acids is 1. The van der Waals surface area contributed by atoms with Gasteiger partial charge >= 0.3 is 5.97 Å². The molecule has 0 amide bonds. The normalized spacial score (nSPS) is 13.7. The molecule has 0 aromatic heterocycles. The van der Waals surface area contributed by atoms with Crippen molar-refractivity contribution in [2.24, 2.45) is 0 Å². The van der Waals surface area contributed by atoms with E-state index in [9.17, 15) is 4.79 Å². The number of nitrogens with one attached hydrogen (secondary N) is 1. The van der Waals surface area contributed by atoms with Gasteiger partial charge in [0.2, 0.25) is 0 Å². The second kappa shape index (κ2) is 7.79. The molecule has 0 spiro atoms. The number of hydrogen-bond acceptors (Lipinski definition) is 4. The van der Waals surface area contributed by atoms with Crippen molar-refractivity contribution in [3.63, 3.8) is 0 Å². The minimum atomic E-state index is -0.292. The first-order chi connectivity index (χ1) is 9.13. The minimum Gasteiger partial charge on any atom is -0.496 e. The van der Waals surface area contributed by atoms with Crippen LogP contribution in [0.1, 0.15) is 38.8 Å². The fourth-order valence-corrected chi connectivity index (χ4v) is 2.01. The fraction of sp³-hybridized carbons (Fsp3) is 0.533. The minimum absolute atomic E-state index is 0.0190. The molecule has 0 aliphatic heterocycles. The van der Waals surface area contributed by atoms with Gasteiger partial charge in [-0.25, -0.2) is 0 Å². The molecule has 1 aromatic rings. The summed E-state index contributed by atoms with van der Waals surface area (Å²) < 4.78 is 10.4. The van der Waals surface area contributed by atoms with Gasteiger partial charge in [0.05, 0.1) is 13.7 Å². The highest BCUT2D eigenvalue weighted by Gasteiger charge is 2.21. The molecule has 106 valence electrons. The Morgan fingerprint density at radius 3 is 2.58 bits per heavy atom. The SMILES string of the molecule is CCOC(=O)C(CC)N[C@@H](C)c1ccccc1OC. The molecule has 1 unspecified atom stereocenters. The van der Waals surface area contributed by atoms with Crippen molar-refractivity contribution in [3.05, 3.63) is 29.8 Å². The van der Waals surface area contributed by atoms with Crippen LogP contribution < -0.4 is 10.1 Å². The van der Waals surface area contributed by atoms with Crippen molar-refractivity contribution < 1.29 is 14.3 Å². The van der Waals surface area contributed by atoms with Crippen molar-refractivity contribution >= 4 is 5.97 Å². The fourth-order valence-electron chi connectivity index (χ4n) is 2.01. The third-order valence-corrected chi connectivity index (χ3v) is 3.04. The Balaban J connectivity index is 2.76. The van der Waals surface area contributed by atoms with E-state index in [1.54, 1.807) is 7.11 Å². The predicted molar refractivity (Wildman–Crippen MR) is 75.3 cm³/mol. The molecule has 2 atom stereocenters. The molecule has 0 bridgehead atoms. The third kappa shape index (κ3) is 4.24. The van der Waals surface area contributed by atoms with E-state index < -0.39 is 0 Å². The topological polar surface area (TPSA) is 47.6 Å². The van der Waals surface area contributed by atoms with Crippen LogP contribution in [0.15, 0.2) is 24.3 Å². The summed E-state index contributed by atoms with van der Waals surface area (Å²) in [6.45, 7) is 6.19. The number of esters is 1. The van der Waals surface area contributed by atoms with Crippen LogP contribution in [0, 0.1) is 0 Å².